The van der Waals surface area contributed by atoms with E-state index in [0.717, 1.165) is 45.2 Å². The third-order valence-corrected chi connectivity index (χ3v) is 5.74. The number of rotatable bonds is 10. The minimum absolute atomic E-state index is 0.122. The highest BCUT2D eigenvalue weighted by atomic mass is 35.5. The summed E-state index contributed by atoms with van der Waals surface area (Å²) in [6.45, 7) is 6.52. The average molecular weight is 441 g/mol. The zero-order valence-electron chi connectivity index (χ0n) is 18.1. The van der Waals surface area contributed by atoms with Crippen molar-refractivity contribution in [3.63, 3.8) is 0 Å². The number of esters is 1. The van der Waals surface area contributed by atoms with Crippen molar-refractivity contribution in [2.24, 2.45) is 5.92 Å². The molecule has 0 bridgehead atoms. The molecule has 1 aromatic heterocycles. The molecular formula is C21H33ClN4O4. The van der Waals surface area contributed by atoms with Crippen LogP contribution in [0, 0.1) is 5.92 Å². The standard InChI is InChI=1S/C21H33ClN4O4/c1-4-6-7-17(21(28)30-5-2)26-10-8-14(9-11-26)13-24-19(27)15-12-16(22)18(23)25-20(15)29-3/h12,14,17H,4-11,13H2,1-3H3,(H2,23,25)(H,24,27). The SMILES string of the molecule is CCCCC(C(=O)OCC)N1CCC(CNC(=O)c2cc(Cl)c(N)nc2OC)CC1. The minimum atomic E-state index is -0.295. The summed E-state index contributed by atoms with van der Waals surface area (Å²) in [5.41, 5.74) is 5.93. The first-order valence-corrected chi connectivity index (χ1v) is 11.0. The Bertz CT molecular complexity index is 723. The smallest absolute Gasteiger partial charge is 0.323 e. The Labute approximate surface area is 183 Å². The summed E-state index contributed by atoms with van der Waals surface area (Å²) in [4.78, 5) is 31.2. The van der Waals surface area contributed by atoms with Crippen LogP contribution in [0.25, 0.3) is 0 Å². The second-order valence-electron chi connectivity index (χ2n) is 7.51. The molecule has 1 amide bonds. The quantitative estimate of drug-likeness (QED) is 0.538. The van der Waals surface area contributed by atoms with Crippen LogP contribution in [-0.2, 0) is 9.53 Å². The van der Waals surface area contributed by atoms with Gasteiger partial charge in [-0.1, -0.05) is 31.4 Å². The molecule has 1 aromatic rings. The number of likely N-dealkylation sites (tertiary alicyclic amines) is 1. The molecule has 1 aliphatic heterocycles. The maximum atomic E-state index is 12.6. The number of carbonyl (C=O) groups excluding carboxylic acids is 2. The lowest BCUT2D eigenvalue weighted by molar-refractivity contribution is -0.150. The molecule has 0 saturated carbocycles. The first-order chi connectivity index (χ1) is 14.4. The van der Waals surface area contributed by atoms with Gasteiger partial charge in [0, 0.05) is 6.54 Å². The Hall–Kier alpha value is -2.06. The third kappa shape index (κ3) is 6.47. The molecule has 1 fully saturated rings. The lowest BCUT2D eigenvalue weighted by Gasteiger charge is -2.36. The van der Waals surface area contributed by atoms with Crippen LogP contribution in [0.2, 0.25) is 5.02 Å². The largest absolute Gasteiger partial charge is 0.480 e. The van der Waals surface area contributed by atoms with Crippen molar-refractivity contribution in [1.82, 2.24) is 15.2 Å². The van der Waals surface area contributed by atoms with E-state index < -0.39 is 0 Å². The molecule has 168 valence electrons. The van der Waals surface area contributed by atoms with Crippen molar-refractivity contribution in [1.29, 1.82) is 0 Å². The van der Waals surface area contributed by atoms with Gasteiger partial charge in [-0.3, -0.25) is 14.5 Å². The van der Waals surface area contributed by atoms with E-state index in [2.05, 4.69) is 22.1 Å². The van der Waals surface area contributed by atoms with E-state index in [4.69, 9.17) is 26.8 Å². The van der Waals surface area contributed by atoms with E-state index in [-0.39, 0.29) is 40.2 Å². The van der Waals surface area contributed by atoms with Gasteiger partial charge in [-0.25, -0.2) is 0 Å². The fourth-order valence-electron chi connectivity index (χ4n) is 3.69. The Morgan fingerprint density at radius 3 is 2.67 bits per heavy atom. The number of methoxy groups -OCH3 is 1. The van der Waals surface area contributed by atoms with Crippen LogP contribution in [0.15, 0.2) is 6.07 Å². The fourth-order valence-corrected chi connectivity index (χ4v) is 3.84. The van der Waals surface area contributed by atoms with Crippen LogP contribution in [0.1, 0.15) is 56.3 Å². The molecule has 30 heavy (non-hydrogen) atoms. The molecule has 2 rings (SSSR count). The van der Waals surface area contributed by atoms with Crippen molar-refractivity contribution < 1.29 is 19.1 Å². The number of aromatic nitrogens is 1. The number of pyridine rings is 1. The molecule has 2 heterocycles. The van der Waals surface area contributed by atoms with Crippen molar-refractivity contribution in [3.05, 3.63) is 16.7 Å². The molecule has 3 N–H and O–H groups in total. The van der Waals surface area contributed by atoms with Crippen LogP contribution in [0.4, 0.5) is 5.82 Å². The monoisotopic (exact) mass is 440 g/mol. The Kier molecular flexibility index (Phi) is 9.65. The first kappa shape index (κ1) is 24.2. The normalized spacial score (nSPS) is 16.1. The Balaban J connectivity index is 1.89. The van der Waals surface area contributed by atoms with Crippen LogP contribution >= 0.6 is 11.6 Å². The number of nitrogens with one attached hydrogen (secondary N) is 1. The van der Waals surface area contributed by atoms with Crippen molar-refractivity contribution in [2.75, 3.05) is 39.1 Å². The fraction of sp³-hybridized carbons (Fsp3) is 0.667. The second kappa shape index (κ2) is 12.0. The van der Waals surface area contributed by atoms with Gasteiger partial charge in [0.25, 0.3) is 5.91 Å². The van der Waals surface area contributed by atoms with Crippen LogP contribution < -0.4 is 15.8 Å². The van der Waals surface area contributed by atoms with Gasteiger partial charge < -0.3 is 20.5 Å². The molecular weight excluding hydrogens is 408 g/mol. The van der Waals surface area contributed by atoms with Gasteiger partial charge in [-0.05, 0) is 51.3 Å². The lowest BCUT2D eigenvalue weighted by atomic mass is 9.94. The molecule has 0 radical (unpaired) electrons. The van der Waals surface area contributed by atoms with Gasteiger partial charge in [-0.2, -0.15) is 4.98 Å². The highest BCUT2D eigenvalue weighted by molar-refractivity contribution is 6.33. The Morgan fingerprint density at radius 1 is 1.37 bits per heavy atom. The number of amides is 1. The van der Waals surface area contributed by atoms with E-state index in [0.29, 0.717) is 19.1 Å². The summed E-state index contributed by atoms with van der Waals surface area (Å²) in [6.07, 6.45) is 4.67. The zero-order chi connectivity index (χ0) is 22.1. The molecule has 0 aromatic carbocycles. The average Bonchev–Trinajstić information content (AvgIpc) is 2.74. The number of nitrogens with zero attached hydrogens (tertiary/aromatic N) is 2. The second-order valence-corrected chi connectivity index (χ2v) is 7.92. The number of nitrogen functional groups attached to an aromatic ring is 1. The topological polar surface area (TPSA) is 107 Å². The van der Waals surface area contributed by atoms with Gasteiger partial charge in [0.15, 0.2) is 0 Å². The van der Waals surface area contributed by atoms with Gasteiger partial charge in [0.1, 0.15) is 17.4 Å². The maximum Gasteiger partial charge on any atom is 0.323 e. The summed E-state index contributed by atoms with van der Waals surface area (Å²) in [6, 6.07) is 1.30. The lowest BCUT2D eigenvalue weighted by Crippen LogP contribution is -2.47. The number of nitrogens with two attached hydrogens (primary N) is 1. The highest BCUT2D eigenvalue weighted by Gasteiger charge is 2.30. The molecule has 8 nitrogen and oxygen atoms in total. The third-order valence-electron chi connectivity index (χ3n) is 5.44. The summed E-state index contributed by atoms with van der Waals surface area (Å²) < 4.78 is 10.4. The number of hydrogen-bond acceptors (Lipinski definition) is 7. The number of anilines is 1. The number of hydrogen-bond donors (Lipinski definition) is 2. The van der Waals surface area contributed by atoms with Crippen molar-refractivity contribution in [2.45, 2.75) is 52.0 Å². The van der Waals surface area contributed by atoms with E-state index in [1.807, 2.05) is 6.92 Å². The number of unbranched alkanes of at least 4 members (excludes halogenated alkanes) is 1. The number of ether oxygens (including phenoxy) is 2. The van der Waals surface area contributed by atoms with Gasteiger partial charge in [-0.15, -0.1) is 0 Å². The molecule has 1 saturated heterocycles. The number of halogens is 1. The number of piperidine rings is 1. The molecule has 1 aliphatic rings. The predicted octanol–water partition coefficient (Wildman–Crippen LogP) is 2.89. The van der Waals surface area contributed by atoms with Gasteiger partial charge in [0.05, 0.1) is 18.7 Å². The molecule has 0 aliphatic carbocycles. The summed E-state index contributed by atoms with van der Waals surface area (Å²) in [5.74, 6) is 0.185. The van der Waals surface area contributed by atoms with Crippen LogP contribution in [-0.4, -0.2) is 61.2 Å². The van der Waals surface area contributed by atoms with Gasteiger partial charge >= 0.3 is 5.97 Å². The molecule has 0 spiro atoms. The zero-order valence-corrected chi connectivity index (χ0v) is 18.8. The van der Waals surface area contributed by atoms with E-state index in [1.165, 1.54) is 13.2 Å². The predicted molar refractivity (Wildman–Crippen MR) is 117 cm³/mol. The van der Waals surface area contributed by atoms with Crippen molar-refractivity contribution in [3.8, 4) is 5.88 Å². The van der Waals surface area contributed by atoms with Crippen LogP contribution in [0.5, 0.6) is 5.88 Å². The minimum Gasteiger partial charge on any atom is -0.480 e. The first-order valence-electron chi connectivity index (χ1n) is 10.6. The molecule has 9 heteroatoms. The highest BCUT2D eigenvalue weighted by Crippen LogP contribution is 2.25. The summed E-state index contributed by atoms with van der Waals surface area (Å²) >= 11 is 6.00. The van der Waals surface area contributed by atoms with Crippen molar-refractivity contribution >= 4 is 29.3 Å². The van der Waals surface area contributed by atoms with E-state index in [1.54, 1.807) is 0 Å². The molecule has 1 atom stereocenters. The van der Waals surface area contributed by atoms with E-state index in [9.17, 15) is 9.59 Å². The van der Waals surface area contributed by atoms with Crippen LogP contribution in [0.3, 0.4) is 0 Å². The Morgan fingerprint density at radius 2 is 2.07 bits per heavy atom. The number of carbonyl (C=O) groups is 2. The summed E-state index contributed by atoms with van der Waals surface area (Å²) in [5, 5.41) is 3.16. The summed E-state index contributed by atoms with van der Waals surface area (Å²) in [7, 11) is 1.43. The maximum absolute atomic E-state index is 12.6. The van der Waals surface area contributed by atoms with E-state index >= 15 is 0 Å². The van der Waals surface area contributed by atoms with Gasteiger partial charge in [0.2, 0.25) is 5.88 Å². The molecule has 1 unspecified atom stereocenters.